The Balaban J connectivity index is 1.93. The van der Waals surface area contributed by atoms with Crippen molar-refractivity contribution in [3.05, 3.63) is 34.3 Å². The largest absolute Gasteiger partial charge is 0.348 e. The normalized spacial score (nSPS) is 17.8. The van der Waals surface area contributed by atoms with E-state index in [0.29, 0.717) is 12.1 Å². The van der Waals surface area contributed by atoms with Crippen molar-refractivity contribution in [2.24, 2.45) is 0 Å². The fourth-order valence-corrected chi connectivity index (χ4v) is 2.45. The zero-order chi connectivity index (χ0) is 13.8. The molecule has 0 spiro atoms. The molecule has 0 radical (unpaired) electrons. The van der Waals surface area contributed by atoms with Gasteiger partial charge in [-0.25, -0.2) is 0 Å². The number of carbonyl (C=O) groups excluding carboxylic acids is 1. The summed E-state index contributed by atoms with van der Waals surface area (Å²) in [4.78, 5) is 12.0. The van der Waals surface area contributed by atoms with E-state index in [1.807, 2.05) is 6.92 Å². The molecule has 1 saturated carbocycles. The van der Waals surface area contributed by atoms with Gasteiger partial charge in [0.1, 0.15) is 6.04 Å². The Kier molecular flexibility index (Phi) is 4.99. The van der Waals surface area contributed by atoms with Gasteiger partial charge in [-0.15, -0.1) is 0 Å². The number of hydrogen-bond acceptors (Lipinski definition) is 1. The van der Waals surface area contributed by atoms with Gasteiger partial charge in [-0.1, -0.05) is 35.0 Å². The molecule has 0 unspecified atom stereocenters. The summed E-state index contributed by atoms with van der Waals surface area (Å²) in [5.74, 6) is 0.165. The van der Waals surface area contributed by atoms with Crippen molar-refractivity contribution in [3.63, 3.8) is 0 Å². The van der Waals surface area contributed by atoms with Gasteiger partial charge in [0.2, 0.25) is 0 Å². The van der Waals surface area contributed by atoms with Crippen LogP contribution in [-0.2, 0) is 4.79 Å². The Morgan fingerprint density at radius 2 is 2.05 bits per heavy atom. The lowest BCUT2D eigenvalue weighted by Crippen LogP contribution is -2.92. The number of quaternary nitrogens is 1. The second kappa shape index (κ2) is 6.53. The third-order valence-electron chi connectivity index (χ3n) is 3.60. The summed E-state index contributed by atoms with van der Waals surface area (Å²) in [6.07, 6.45) is 3.30. The number of benzene rings is 1. The zero-order valence-corrected chi connectivity index (χ0v) is 13.1. The van der Waals surface area contributed by atoms with Gasteiger partial charge in [-0.3, -0.25) is 4.79 Å². The van der Waals surface area contributed by atoms with Crippen LogP contribution in [0.4, 0.5) is 0 Å². The zero-order valence-electron chi connectivity index (χ0n) is 11.5. The lowest BCUT2D eigenvalue weighted by Gasteiger charge is -2.19. The predicted octanol–water partition coefficient (Wildman–Crippen LogP) is 2.13. The number of carbonyl (C=O) groups is 1. The molecule has 0 aromatic heterocycles. The van der Waals surface area contributed by atoms with E-state index in [-0.39, 0.29) is 11.9 Å². The van der Waals surface area contributed by atoms with Gasteiger partial charge in [-0.05, 0) is 31.9 Å². The van der Waals surface area contributed by atoms with Crippen LogP contribution in [0.1, 0.15) is 44.7 Å². The summed E-state index contributed by atoms with van der Waals surface area (Å²) in [6, 6.07) is 9.11. The average Bonchev–Trinajstić information content (AvgIpc) is 3.20. The molecule has 1 amide bonds. The third kappa shape index (κ3) is 4.32. The van der Waals surface area contributed by atoms with E-state index in [4.69, 9.17) is 0 Å². The highest BCUT2D eigenvalue weighted by Gasteiger charge is 2.28. The van der Waals surface area contributed by atoms with Crippen molar-refractivity contribution in [2.75, 3.05) is 0 Å². The number of nitrogens with two attached hydrogens (primary N) is 1. The summed E-state index contributed by atoms with van der Waals surface area (Å²) >= 11 is 3.45. The third-order valence-corrected chi connectivity index (χ3v) is 4.12. The number of nitrogens with one attached hydrogen (secondary N) is 1. The summed E-state index contributed by atoms with van der Waals surface area (Å²) in [5, 5.41) is 5.23. The summed E-state index contributed by atoms with van der Waals surface area (Å²) in [6.45, 7) is 4.15. The minimum atomic E-state index is -0.0332. The Bertz CT molecular complexity index is 428. The van der Waals surface area contributed by atoms with Gasteiger partial charge in [0.15, 0.2) is 6.04 Å². The average molecular weight is 326 g/mol. The van der Waals surface area contributed by atoms with Crippen LogP contribution < -0.4 is 10.6 Å². The van der Waals surface area contributed by atoms with Crippen LogP contribution >= 0.6 is 15.9 Å². The van der Waals surface area contributed by atoms with Crippen LogP contribution in [0.5, 0.6) is 0 Å². The molecule has 1 aliphatic carbocycles. The van der Waals surface area contributed by atoms with Gasteiger partial charge < -0.3 is 10.6 Å². The van der Waals surface area contributed by atoms with Crippen molar-refractivity contribution in [2.45, 2.75) is 51.2 Å². The fourth-order valence-electron chi connectivity index (χ4n) is 2.19. The van der Waals surface area contributed by atoms with Gasteiger partial charge in [0.05, 0.1) is 0 Å². The Morgan fingerprint density at radius 1 is 1.42 bits per heavy atom. The van der Waals surface area contributed by atoms with Crippen LogP contribution in [0, 0.1) is 0 Å². The van der Waals surface area contributed by atoms with Gasteiger partial charge >= 0.3 is 0 Å². The topological polar surface area (TPSA) is 45.7 Å². The van der Waals surface area contributed by atoms with Gasteiger partial charge in [-0.2, -0.15) is 0 Å². The molecule has 2 atom stereocenters. The maximum atomic E-state index is 12.0. The van der Waals surface area contributed by atoms with Crippen molar-refractivity contribution in [1.29, 1.82) is 0 Å². The first-order valence-electron chi connectivity index (χ1n) is 7.01. The Hall–Kier alpha value is -0.870. The molecule has 104 valence electrons. The van der Waals surface area contributed by atoms with Crippen molar-refractivity contribution in [3.8, 4) is 0 Å². The summed E-state index contributed by atoms with van der Waals surface area (Å²) < 4.78 is 1.09. The van der Waals surface area contributed by atoms with Crippen molar-refractivity contribution in [1.82, 2.24) is 5.32 Å². The van der Waals surface area contributed by atoms with Crippen LogP contribution in [0.2, 0.25) is 0 Å². The highest BCUT2D eigenvalue weighted by molar-refractivity contribution is 9.10. The lowest BCUT2D eigenvalue weighted by molar-refractivity contribution is -0.713. The number of rotatable bonds is 6. The molecule has 3 nitrogen and oxygen atoms in total. The maximum absolute atomic E-state index is 12.0. The molecule has 0 saturated heterocycles. The van der Waals surface area contributed by atoms with Crippen LogP contribution in [0.25, 0.3) is 0 Å². The molecule has 1 aromatic carbocycles. The first kappa shape index (κ1) is 14.5. The molecule has 1 aromatic rings. The van der Waals surface area contributed by atoms with Gasteiger partial charge in [0.25, 0.3) is 5.91 Å². The quantitative estimate of drug-likeness (QED) is 0.827. The Labute approximate surface area is 123 Å². The minimum absolute atomic E-state index is 0.0332. The SMILES string of the molecule is CC[C@@H]([NH2+][C@@H](C)C(=O)NC1CC1)c1ccc(Br)cc1. The molecule has 19 heavy (non-hydrogen) atoms. The highest BCUT2D eigenvalue weighted by Crippen LogP contribution is 2.19. The van der Waals surface area contributed by atoms with E-state index in [1.165, 1.54) is 5.56 Å². The van der Waals surface area contributed by atoms with E-state index in [2.05, 4.69) is 57.8 Å². The highest BCUT2D eigenvalue weighted by atomic mass is 79.9. The summed E-state index contributed by atoms with van der Waals surface area (Å²) in [7, 11) is 0. The fraction of sp³-hybridized carbons (Fsp3) is 0.533. The minimum Gasteiger partial charge on any atom is -0.348 e. The van der Waals surface area contributed by atoms with Crippen molar-refractivity contribution < 1.29 is 10.1 Å². The molecule has 1 aliphatic rings. The molecule has 2 rings (SSSR count). The molecular formula is C15H22BrN2O+. The smallest absolute Gasteiger partial charge is 0.278 e. The van der Waals surface area contributed by atoms with Crippen LogP contribution in [0.3, 0.4) is 0 Å². The molecule has 4 heteroatoms. The van der Waals surface area contributed by atoms with Gasteiger partial charge in [0, 0.05) is 22.5 Å². The molecular weight excluding hydrogens is 304 g/mol. The van der Waals surface area contributed by atoms with Crippen LogP contribution in [-0.4, -0.2) is 18.0 Å². The monoisotopic (exact) mass is 325 g/mol. The van der Waals surface area contributed by atoms with E-state index in [0.717, 1.165) is 23.7 Å². The Morgan fingerprint density at radius 3 is 2.58 bits per heavy atom. The van der Waals surface area contributed by atoms with E-state index >= 15 is 0 Å². The number of halogens is 1. The lowest BCUT2D eigenvalue weighted by atomic mass is 10.0. The number of hydrogen-bond donors (Lipinski definition) is 2. The van der Waals surface area contributed by atoms with Crippen LogP contribution in [0.15, 0.2) is 28.7 Å². The standard InChI is InChI=1S/C15H21BrN2O/c1-3-14(11-4-6-12(16)7-5-11)17-10(2)15(19)18-13-8-9-13/h4-7,10,13-14,17H,3,8-9H2,1-2H3,(H,18,19)/p+1/t10-,14+/m0/s1. The van der Waals surface area contributed by atoms with E-state index in [1.54, 1.807) is 0 Å². The molecule has 0 aliphatic heterocycles. The first-order valence-corrected chi connectivity index (χ1v) is 7.80. The van der Waals surface area contributed by atoms with E-state index in [9.17, 15) is 4.79 Å². The van der Waals surface area contributed by atoms with E-state index < -0.39 is 0 Å². The molecule has 1 fully saturated rings. The second-order valence-corrected chi connectivity index (χ2v) is 6.25. The van der Waals surface area contributed by atoms with Crippen molar-refractivity contribution >= 4 is 21.8 Å². The number of amides is 1. The maximum Gasteiger partial charge on any atom is 0.278 e. The second-order valence-electron chi connectivity index (χ2n) is 5.33. The first-order chi connectivity index (χ1) is 9.10. The molecule has 0 heterocycles. The molecule has 0 bridgehead atoms. The summed E-state index contributed by atoms with van der Waals surface area (Å²) in [5.41, 5.74) is 1.27. The predicted molar refractivity (Wildman–Crippen MR) is 79.7 cm³/mol. The molecule has 3 N–H and O–H groups in total.